The fourth-order valence-electron chi connectivity index (χ4n) is 3.59. The molecule has 2 aliphatic rings. The van der Waals surface area contributed by atoms with Crippen molar-refractivity contribution in [1.29, 1.82) is 0 Å². The van der Waals surface area contributed by atoms with Crippen LogP contribution in [-0.4, -0.2) is 59.3 Å². The van der Waals surface area contributed by atoms with E-state index in [0.717, 1.165) is 24.5 Å². The van der Waals surface area contributed by atoms with Crippen molar-refractivity contribution in [3.63, 3.8) is 0 Å². The van der Waals surface area contributed by atoms with Crippen molar-refractivity contribution in [1.82, 2.24) is 14.8 Å². The first kappa shape index (κ1) is 20.6. The Hall–Kier alpha value is -2.67. The second-order valence-corrected chi connectivity index (χ2v) is 7.81. The number of hydrogen-bond acceptors (Lipinski definition) is 5. The number of imide groups is 1. The van der Waals surface area contributed by atoms with Crippen LogP contribution in [0.1, 0.15) is 5.56 Å². The highest BCUT2D eigenvalue weighted by Gasteiger charge is 2.42. The van der Waals surface area contributed by atoms with Gasteiger partial charge >= 0.3 is 0 Å². The Morgan fingerprint density at radius 1 is 0.967 bits per heavy atom. The van der Waals surface area contributed by atoms with Gasteiger partial charge in [0.2, 0.25) is 0 Å². The van der Waals surface area contributed by atoms with E-state index in [-0.39, 0.29) is 15.9 Å². The molecule has 3 heterocycles. The molecule has 1 fully saturated rings. The third-order valence-electron chi connectivity index (χ3n) is 5.13. The maximum atomic E-state index is 13.0. The van der Waals surface area contributed by atoms with Crippen molar-refractivity contribution < 1.29 is 9.59 Å². The number of nitrogens with zero attached hydrogens (tertiary/aromatic N) is 4. The van der Waals surface area contributed by atoms with Crippen molar-refractivity contribution >= 4 is 46.8 Å². The Morgan fingerprint density at radius 2 is 1.70 bits per heavy atom. The predicted octanol–water partition coefficient (Wildman–Crippen LogP) is 3.39. The molecular formula is C22H20Cl2N4O2. The summed E-state index contributed by atoms with van der Waals surface area (Å²) >= 11 is 12.2. The maximum Gasteiger partial charge on any atom is 0.283 e. The van der Waals surface area contributed by atoms with E-state index in [1.54, 1.807) is 6.07 Å². The lowest BCUT2D eigenvalue weighted by Crippen LogP contribution is -2.47. The zero-order valence-corrected chi connectivity index (χ0v) is 17.7. The second-order valence-electron chi connectivity index (χ2n) is 7.05. The molecule has 2 aliphatic heterocycles. The van der Waals surface area contributed by atoms with Crippen LogP contribution in [0.3, 0.4) is 0 Å². The normalized spacial score (nSPS) is 18.2. The Balaban J connectivity index is 1.39. The van der Waals surface area contributed by atoms with Gasteiger partial charge in [0.25, 0.3) is 11.8 Å². The van der Waals surface area contributed by atoms with E-state index in [4.69, 9.17) is 23.2 Å². The van der Waals surface area contributed by atoms with E-state index >= 15 is 0 Å². The summed E-state index contributed by atoms with van der Waals surface area (Å²) < 4.78 is 0. The topological polar surface area (TPSA) is 56.8 Å². The van der Waals surface area contributed by atoms with Crippen molar-refractivity contribution in [3.8, 4) is 0 Å². The molecule has 1 aromatic heterocycles. The van der Waals surface area contributed by atoms with E-state index in [0.29, 0.717) is 18.8 Å². The number of pyridine rings is 1. The zero-order chi connectivity index (χ0) is 21.1. The van der Waals surface area contributed by atoms with Gasteiger partial charge in [-0.05, 0) is 17.7 Å². The van der Waals surface area contributed by atoms with Crippen LogP contribution in [0, 0.1) is 0 Å². The molecule has 1 saturated heterocycles. The Bertz CT molecular complexity index is 1010. The minimum atomic E-state index is -0.535. The highest BCUT2D eigenvalue weighted by atomic mass is 35.5. The minimum Gasteiger partial charge on any atom is -0.363 e. The van der Waals surface area contributed by atoms with Gasteiger partial charge in [-0.25, -0.2) is 9.88 Å². The molecule has 1 aromatic carbocycles. The number of hydrogen-bond donors (Lipinski definition) is 0. The molecular weight excluding hydrogens is 423 g/mol. The lowest BCUT2D eigenvalue weighted by molar-refractivity contribution is -0.121. The number of aromatic nitrogens is 1. The molecule has 0 aliphatic carbocycles. The Morgan fingerprint density at radius 3 is 2.40 bits per heavy atom. The fourth-order valence-corrected chi connectivity index (χ4v) is 4.04. The molecule has 8 heteroatoms. The number of anilines is 1. The summed E-state index contributed by atoms with van der Waals surface area (Å²) in [5.74, 6) is -0.961. The van der Waals surface area contributed by atoms with Crippen LogP contribution in [-0.2, 0) is 9.59 Å². The maximum absolute atomic E-state index is 13.0. The first-order valence-electron chi connectivity index (χ1n) is 9.63. The second kappa shape index (κ2) is 9.00. The van der Waals surface area contributed by atoms with Crippen molar-refractivity contribution in [3.05, 3.63) is 76.2 Å². The summed E-state index contributed by atoms with van der Waals surface area (Å²) in [5.41, 5.74) is 1.79. The zero-order valence-electron chi connectivity index (χ0n) is 16.2. The lowest BCUT2D eigenvalue weighted by atomic mass is 10.2. The fraction of sp³-hybridized carbons (Fsp3) is 0.227. The first-order chi connectivity index (χ1) is 14.5. The molecule has 0 unspecified atom stereocenters. The molecule has 2 amide bonds. The Kier molecular flexibility index (Phi) is 6.18. The van der Waals surface area contributed by atoms with Gasteiger partial charge in [-0.3, -0.25) is 14.5 Å². The number of rotatable bonds is 5. The smallest absolute Gasteiger partial charge is 0.283 e. The quantitative estimate of drug-likeness (QED) is 0.524. The number of benzene rings is 1. The van der Waals surface area contributed by atoms with Crippen molar-refractivity contribution in [2.24, 2.45) is 0 Å². The monoisotopic (exact) mass is 442 g/mol. The van der Waals surface area contributed by atoms with Crippen molar-refractivity contribution in [2.75, 3.05) is 37.6 Å². The van der Waals surface area contributed by atoms with E-state index < -0.39 is 11.8 Å². The minimum absolute atomic E-state index is 0.0506. The summed E-state index contributed by atoms with van der Waals surface area (Å²) in [4.78, 5) is 34.7. The lowest BCUT2D eigenvalue weighted by Gasteiger charge is -2.35. The molecule has 0 radical (unpaired) electrons. The average Bonchev–Trinajstić information content (AvgIpc) is 2.98. The summed E-state index contributed by atoms with van der Waals surface area (Å²) in [6, 6.07) is 13.2. The Labute approximate surface area is 185 Å². The summed E-state index contributed by atoms with van der Waals surface area (Å²) in [7, 11) is 0. The van der Waals surface area contributed by atoms with Crippen molar-refractivity contribution in [2.45, 2.75) is 0 Å². The molecule has 4 rings (SSSR count). The standard InChI is InChI=1S/C22H20Cl2N4O2/c23-18-15-17(8-9-25-18)28-21(29)19(24)20(22(28)30)27-13-11-26(12-14-27)10-4-7-16-5-2-1-3-6-16/h1-9,15H,10-14H2/b7-4+. The van der Waals surface area contributed by atoms with Gasteiger partial charge in [0.15, 0.2) is 0 Å². The highest BCUT2D eigenvalue weighted by molar-refractivity contribution is 6.52. The number of halogens is 2. The van der Waals surface area contributed by atoms with Crippen LogP contribution >= 0.6 is 23.2 Å². The van der Waals surface area contributed by atoms with Crippen LogP contribution < -0.4 is 4.90 Å². The largest absolute Gasteiger partial charge is 0.363 e. The van der Waals surface area contributed by atoms with E-state index in [1.807, 2.05) is 23.1 Å². The molecule has 0 spiro atoms. The number of amides is 2. The average molecular weight is 443 g/mol. The van der Waals surface area contributed by atoms with Gasteiger partial charge in [0.1, 0.15) is 15.9 Å². The molecule has 30 heavy (non-hydrogen) atoms. The van der Waals surface area contributed by atoms with Crippen LogP contribution in [0.15, 0.2) is 65.5 Å². The van der Waals surface area contributed by atoms with E-state index in [1.165, 1.54) is 17.8 Å². The molecule has 0 N–H and O–H groups in total. The summed E-state index contributed by atoms with van der Waals surface area (Å²) in [6.45, 7) is 3.61. The van der Waals surface area contributed by atoms with Gasteiger partial charge in [-0.2, -0.15) is 0 Å². The van der Waals surface area contributed by atoms with Crippen LogP contribution in [0.25, 0.3) is 6.08 Å². The van der Waals surface area contributed by atoms with Gasteiger partial charge in [-0.15, -0.1) is 0 Å². The van der Waals surface area contributed by atoms with Gasteiger partial charge in [-0.1, -0.05) is 65.7 Å². The van der Waals surface area contributed by atoms with Gasteiger partial charge in [0.05, 0.1) is 5.69 Å². The molecule has 6 nitrogen and oxygen atoms in total. The SMILES string of the molecule is O=C1C(Cl)=C(N2CCN(C/C=C/c3ccccc3)CC2)C(=O)N1c1ccnc(Cl)c1. The van der Waals surface area contributed by atoms with E-state index in [9.17, 15) is 9.59 Å². The summed E-state index contributed by atoms with van der Waals surface area (Å²) in [6.07, 6.45) is 5.69. The first-order valence-corrected chi connectivity index (χ1v) is 10.4. The van der Waals surface area contributed by atoms with Crippen LogP contribution in [0.2, 0.25) is 5.15 Å². The van der Waals surface area contributed by atoms with Gasteiger partial charge < -0.3 is 4.90 Å². The van der Waals surface area contributed by atoms with Crippen LogP contribution in [0.4, 0.5) is 5.69 Å². The third-order valence-corrected chi connectivity index (χ3v) is 5.68. The third kappa shape index (κ3) is 4.26. The van der Waals surface area contributed by atoms with E-state index in [2.05, 4.69) is 34.2 Å². The van der Waals surface area contributed by atoms with Crippen LogP contribution in [0.5, 0.6) is 0 Å². The molecule has 0 bridgehead atoms. The highest BCUT2D eigenvalue weighted by Crippen LogP contribution is 2.32. The molecule has 0 atom stereocenters. The number of carbonyl (C=O) groups excluding carboxylic acids is 2. The number of carbonyl (C=O) groups is 2. The molecule has 0 saturated carbocycles. The number of piperazine rings is 1. The summed E-state index contributed by atoms with van der Waals surface area (Å²) in [5, 5.41) is 0.153. The molecule has 154 valence electrons. The van der Waals surface area contributed by atoms with Gasteiger partial charge in [0, 0.05) is 38.9 Å². The predicted molar refractivity (Wildman–Crippen MR) is 118 cm³/mol. The molecule has 2 aromatic rings.